The average Bonchev–Trinajstić information content (AvgIpc) is 2.09. The first-order valence-electron chi connectivity index (χ1n) is 4.13. The van der Waals surface area contributed by atoms with E-state index < -0.39 is 0 Å². The van der Waals surface area contributed by atoms with Crippen molar-refractivity contribution in [1.82, 2.24) is 0 Å². The van der Waals surface area contributed by atoms with Crippen LogP contribution in [0.25, 0.3) is 0 Å². The minimum Gasteiger partial charge on any atom is -0.397 e. The number of anilines is 2. The lowest BCUT2D eigenvalue weighted by molar-refractivity contribution is 0.922. The molecule has 0 amide bonds. The van der Waals surface area contributed by atoms with Crippen LogP contribution < -0.4 is 17.0 Å². The van der Waals surface area contributed by atoms with Gasteiger partial charge in [-0.3, -0.25) is 5.84 Å². The van der Waals surface area contributed by atoms with Gasteiger partial charge >= 0.3 is 0 Å². The minimum absolute atomic E-state index is 0. The Bertz CT molecular complexity index is 263. The Morgan fingerprint density at radius 2 is 2.25 bits per heavy atom. The van der Waals surface area contributed by atoms with Gasteiger partial charge in [-0.2, -0.15) is 0 Å². The highest BCUT2D eigenvalue weighted by atomic mass is 15.2. The first-order valence-corrected chi connectivity index (χ1v) is 4.13. The maximum absolute atomic E-state index is 5.65. The molecule has 0 fully saturated rings. The van der Waals surface area contributed by atoms with Crippen molar-refractivity contribution in [3.8, 4) is 0 Å². The summed E-state index contributed by atoms with van der Waals surface area (Å²) in [6, 6.07) is 5.89. The van der Waals surface area contributed by atoms with Crippen LogP contribution in [0.4, 0.5) is 11.4 Å². The molecule has 0 aliphatic carbocycles. The number of benzene rings is 1. The van der Waals surface area contributed by atoms with Crippen molar-refractivity contribution in [2.24, 2.45) is 5.84 Å². The molecule has 0 spiro atoms. The van der Waals surface area contributed by atoms with Crippen LogP contribution in [0.3, 0.4) is 0 Å². The fraction of sp³-hybridized carbons (Fsp3) is 0.333. The number of rotatable bonds is 3. The van der Waals surface area contributed by atoms with E-state index in [0.717, 1.165) is 18.5 Å². The van der Waals surface area contributed by atoms with Gasteiger partial charge in [0, 0.05) is 1.43 Å². The van der Waals surface area contributed by atoms with E-state index in [0.29, 0.717) is 5.69 Å². The molecule has 3 nitrogen and oxygen atoms in total. The van der Waals surface area contributed by atoms with Crippen molar-refractivity contribution >= 4 is 11.4 Å². The largest absolute Gasteiger partial charge is 0.397 e. The zero-order valence-corrected chi connectivity index (χ0v) is 7.30. The molecule has 0 atom stereocenters. The molecule has 0 heterocycles. The lowest BCUT2D eigenvalue weighted by atomic mass is 10.1. The third kappa shape index (κ3) is 1.89. The van der Waals surface area contributed by atoms with Crippen LogP contribution in [0.5, 0.6) is 0 Å². The molecule has 0 bridgehead atoms. The van der Waals surface area contributed by atoms with Gasteiger partial charge in [0.1, 0.15) is 0 Å². The molecule has 0 aliphatic heterocycles. The summed E-state index contributed by atoms with van der Waals surface area (Å²) in [6.45, 7) is 2.14. The van der Waals surface area contributed by atoms with E-state index in [1.54, 1.807) is 0 Å². The third-order valence-corrected chi connectivity index (χ3v) is 1.81. The van der Waals surface area contributed by atoms with Crippen LogP contribution in [0, 0.1) is 0 Å². The normalized spacial score (nSPS) is 9.83. The molecule has 12 heavy (non-hydrogen) atoms. The van der Waals surface area contributed by atoms with Gasteiger partial charge in [0.15, 0.2) is 0 Å². The number of hydrogen-bond donors (Lipinski definition) is 3. The second-order valence-corrected chi connectivity index (χ2v) is 2.82. The summed E-state index contributed by atoms with van der Waals surface area (Å²) in [5.74, 6) is 5.29. The van der Waals surface area contributed by atoms with Gasteiger partial charge in [-0.05, 0) is 24.1 Å². The van der Waals surface area contributed by atoms with Crippen LogP contribution >= 0.6 is 0 Å². The topological polar surface area (TPSA) is 64.1 Å². The predicted octanol–water partition coefficient (Wildman–Crippen LogP) is 1.75. The molecule has 68 valence electrons. The molecular weight excluding hydrogens is 150 g/mol. The number of nitrogen functional groups attached to an aromatic ring is 2. The average molecular weight is 167 g/mol. The molecule has 0 saturated carbocycles. The van der Waals surface area contributed by atoms with Crippen LogP contribution in [0.15, 0.2) is 18.2 Å². The molecule has 1 rings (SSSR count). The molecule has 0 aliphatic rings. The summed E-state index contributed by atoms with van der Waals surface area (Å²) in [7, 11) is 0. The molecule has 5 N–H and O–H groups in total. The summed E-state index contributed by atoms with van der Waals surface area (Å²) < 4.78 is 0. The highest BCUT2D eigenvalue weighted by Crippen LogP contribution is 2.19. The van der Waals surface area contributed by atoms with E-state index in [2.05, 4.69) is 12.3 Å². The highest BCUT2D eigenvalue weighted by molar-refractivity contribution is 5.66. The summed E-state index contributed by atoms with van der Waals surface area (Å²) in [5, 5.41) is 0. The van der Waals surface area contributed by atoms with Gasteiger partial charge in [-0.25, -0.2) is 0 Å². The SMILES string of the molecule is CCCc1ccc(N)c(NN)c1.[HH]. The minimum atomic E-state index is 0. The Hall–Kier alpha value is -1.22. The van der Waals surface area contributed by atoms with Crippen LogP contribution in [-0.2, 0) is 6.42 Å². The van der Waals surface area contributed by atoms with E-state index in [1.165, 1.54) is 5.56 Å². The molecule has 1 aromatic carbocycles. The van der Waals surface area contributed by atoms with Crippen LogP contribution in [0.2, 0.25) is 0 Å². The van der Waals surface area contributed by atoms with Crippen LogP contribution in [-0.4, -0.2) is 0 Å². The van der Waals surface area contributed by atoms with Gasteiger partial charge in [0.2, 0.25) is 0 Å². The highest BCUT2D eigenvalue weighted by Gasteiger charge is 1.97. The summed E-state index contributed by atoms with van der Waals surface area (Å²) in [4.78, 5) is 0. The second kappa shape index (κ2) is 3.97. The standard InChI is InChI=1S/C9H15N3.H2/c1-2-3-7-4-5-8(10)9(6-7)12-11;/h4-6,12H,2-3,10-11H2,1H3;1H. The van der Waals surface area contributed by atoms with Gasteiger partial charge < -0.3 is 11.2 Å². The molecular formula is C9H17N3. The molecule has 1 aromatic rings. The maximum atomic E-state index is 5.65. The van der Waals surface area contributed by atoms with Gasteiger partial charge in [-0.1, -0.05) is 19.4 Å². The van der Waals surface area contributed by atoms with E-state index in [9.17, 15) is 0 Å². The Labute approximate surface area is 74.2 Å². The smallest absolute Gasteiger partial charge is 0.0718 e. The summed E-state index contributed by atoms with van der Waals surface area (Å²) in [5.41, 5.74) is 11.0. The molecule has 3 heteroatoms. The van der Waals surface area contributed by atoms with E-state index in [1.807, 2.05) is 18.2 Å². The van der Waals surface area contributed by atoms with Crippen molar-refractivity contribution in [2.75, 3.05) is 11.2 Å². The number of aryl methyl sites for hydroxylation is 1. The number of hydrazine groups is 1. The van der Waals surface area contributed by atoms with Crippen LogP contribution in [0.1, 0.15) is 20.3 Å². The zero-order chi connectivity index (χ0) is 8.97. The first kappa shape index (κ1) is 8.87. The fourth-order valence-corrected chi connectivity index (χ4v) is 1.17. The lowest BCUT2D eigenvalue weighted by Gasteiger charge is -2.06. The molecule has 0 radical (unpaired) electrons. The number of nitrogens with one attached hydrogen (secondary N) is 1. The number of hydrogen-bond acceptors (Lipinski definition) is 3. The molecule has 0 saturated heterocycles. The predicted molar refractivity (Wildman–Crippen MR) is 54.8 cm³/mol. The maximum Gasteiger partial charge on any atom is 0.0718 e. The summed E-state index contributed by atoms with van der Waals surface area (Å²) in [6.07, 6.45) is 2.20. The second-order valence-electron chi connectivity index (χ2n) is 2.82. The van der Waals surface area contributed by atoms with E-state index in [-0.39, 0.29) is 1.43 Å². The Morgan fingerprint density at radius 1 is 1.50 bits per heavy atom. The Morgan fingerprint density at radius 3 is 2.83 bits per heavy atom. The molecule has 0 aromatic heterocycles. The van der Waals surface area contributed by atoms with Gasteiger partial charge in [0.05, 0.1) is 11.4 Å². The van der Waals surface area contributed by atoms with Crippen molar-refractivity contribution in [3.63, 3.8) is 0 Å². The van der Waals surface area contributed by atoms with Gasteiger partial charge in [0.25, 0.3) is 0 Å². The van der Waals surface area contributed by atoms with Crippen molar-refractivity contribution in [1.29, 1.82) is 0 Å². The molecule has 0 unspecified atom stereocenters. The zero-order valence-electron chi connectivity index (χ0n) is 7.30. The quantitative estimate of drug-likeness (QED) is 0.365. The Kier molecular flexibility index (Phi) is 2.94. The monoisotopic (exact) mass is 167 g/mol. The van der Waals surface area contributed by atoms with Gasteiger partial charge in [-0.15, -0.1) is 0 Å². The van der Waals surface area contributed by atoms with Crippen molar-refractivity contribution in [2.45, 2.75) is 19.8 Å². The number of nitrogens with two attached hydrogens (primary N) is 2. The first-order chi connectivity index (χ1) is 5.77. The summed E-state index contributed by atoms with van der Waals surface area (Å²) >= 11 is 0. The Balaban J connectivity index is 0.00000144. The van der Waals surface area contributed by atoms with E-state index in [4.69, 9.17) is 11.6 Å². The van der Waals surface area contributed by atoms with Crippen molar-refractivity contribution < 1.29 is 1.43 Å². The fourth-order valence-electron chi connectivity index (χ4n) is 1.17. The third-order valence-electron chi connectivity index (χ3n) is 1.81. The van der Waals surface area contributed by atoms with Crippen molar-refractivity contribution in [3.05, 3.63) is 23.8 Å². The van der Waals surface area contributed by atoms with E-state index >= 15 is 0 Å². The lowest BCUT2D eigenvalue weighted by Crippen LogP contribution is -2.09.